The first-order valence-corrected chi connectivity index (χ1v) is 9.34. The number of hydrogen-bond donors (Lipinski definition) is 0. The maximum Gasteiger partial charge on any atom is 0.523 e. The van der Waals surface area contributed by atoms with Crippen molar-refractivity contribution in [2.45, 2.75) is 30.7 Å². The molecular formula is C10H14F6O8S2. The van der Waals surface area contributed by atoms with E-state index in [1.165, 1.54) is 13.8 Å². The number of rotatable bonds is 6. The second kappa shape index (κ2) is 7.05. The van der Waals surface area contributed by atoms with Crippen molar-refractivity contribution in [3.8, 4) is 0 Å². The minimum Gasteiger partial charge on any atom is -0.350 e. The summed E-state index contributed by atoms with van der Waals surface area (Å²) in [6.07, 6.45) is 0. The quantitative estimate of drug-likeness (QED) is 0.348. The molecule has 0 radical (unpaired) electrons. The Morgan fingerprint density at radius 1 is 0.808 bits per heavy atom. The predicted octanol–water partition coefficient (Wildman–Crippen LogP) is 1.49. The second-order valence-corrected chi connectivity index (χ2v) is 9.02. The summed E-state index contributed by atoms with van der Waals surface area (Å²) < 4.78 is 135. The molecule has 0 atom stereocenters. The lowest BCUT2D eigenvalue weighted by molar-refractivity contribution is -0.292. The van der Waals surface area contributed by atoms with Crippen molar-refractivity contribution in [2.24, 2.45) is 5.41 Å². The van der Waals surface area contributed by atoms with Gasteiger partial charge < -0.3 is 9.47 Å². The van der Waals surface area contributed by atoms with Crippen LogP contribution in [0.25, 0.3) is 0 Å². The van der Waals surface area contributed by atoms with Crippen molar-refractivity contribution in [1.82, 2.24) is 0 Å². The van der Waals surface area contributed by atoms with Gasteiger partial charge in [-0.25, -0.2) is 0 Å². The van der Waals surface area contributed by atoms with E-state index < -0.39 is 68.9 Å². The van der Waals surface area contributed by atoms with Crippen LogP contribution < -0.4 is 0 Å². The average molecular weight is 440 g/mol. The summed E-state index contributed by atoms with van der Waals surface area (Å²) in [5, 5.41) is 0. The summed E-state index contributed by atoms with van der Waals surface area (Å²) in [4.78, 5) is 0. The molecule has 26 heavy (non-hydrogen) atoms. The fourth-order valence-corrected chi connectivity index (χ4v) is 2.56. The van der Waals surface area contributed by atoms with E-state index in [1.807, 2.05) is 0 Å². The standard InChI is InChI=1S/C10H14F6O8S2/c1-7(2)21-3-8(4-22-7,5-23-25(17,18)9(11,12)13)6-24-26(19,20)10(14,15)16/h3-6H2,1-2H3. The van der Waals surface area contributed by atoms with Crippen LogP contribution in [0.2, 0.25) is 0 Å². The maximum absolute atomic E-state index is 12.3. The van der Waals surface area contributed by atoms with Crippen LogP contribution in [0, 0.1) is 5.41 Å². The Morgan fingerprint density at radius 2 is 1.12 bits per heavy atom. The van der Waals surface area contributed by atoms with Crippen LogP contribution >= 0.6 is 0 Å². The average Bonchev–Trinajstić information content (AvgIpc) is 2.43. The molecule has 0 aromatic carbocycles. The molecule has 0 saturated carbocycles. The zero-order valence-corrected chi connectivity index (χ0v) is 14.8. The molecule has 0 aromatic rings. The van der Waals surface area contributed by atoms with Crippen LogP contribution in [0.5, 0.6) is 0 Å². The molecule has 16 heteroatoms. The van der Waals surface area contributed by atoms with E-state index in [-0.39, 0.29) is 0 Å². The molecule has 0 aliphatic carbocycles. The van der Waals surface area contributed by atoms with Crippen LogP contribution in [-0.4, -0.2) is 60.1 Å². The Morgan fingerprint density at radius 3 is 1.38 bits per heavy atom. The van der Waals surface area contributed by atoms with Crippen LogP contribution in [0.4, 0.5) is 26.3 Å². The zero-order chi connectivity index (χ0) is 20.7. The van der Waals surface area contributed by atoms with E-state index in [9.17, 15) is 43.2 Å². The van der Waals surface area contributed by atoms with E-state index in [2.05, 4.69) is 8.37 Å². The minimum atomic E-state index is -6.08. The highest BCUT2D eigenvalue weighted by molar-refractivity contribution is 7.87. The topological polar surface area (TPSA) is 105 Å². The molecule has 1 rings (SSSR count). The van der Waals surface area contributed by atoms with Crippen LogP contribution in [0.15, 0.2) is 0 Å². The second-order valence-electron chi connectivity index (χ2n) is 5.80. The maximum atomic E-state index is 12.3. The largest absolute Gasteiger partial charge is 0.523 e. The van der Waals surface area contributed by atoms with E-state index in [0.717, 1.165) is 0 Å². The minimum absolute atomic E-state index is 0.694. The third kappa shape index (κ3) is 5.66. The molecular weight excluding hydrogens is 426 g/mol. The highest BCUT2D eigenvalue weighted by Gasteiger charge is 2.52. The molecule has 1 fully saturated rings. The van der Waals surface area contributed by atoms with Gasteiger partial charge in [0, 0.05) is 0 Å². The predicted molar refractivity (Wildman–Crippen MR) is 70.3 cm³/mol. The molecule has 1 aliphatic rings. The van der Waals surface area contributed by atoms with Gasteiger partial charge in [-0.1, -0.05) is 0 Å². The van der Waals surface area contributed by atoms with Crippen molar-refractivity contribution < 1.29 is 61.0 Å². The number of halogens is 6. The molecule has 1 aliphatic heterocycles. The van der Waals surface area contributed by atoms with Gasteiger partial charge in [-0.15, -0.1) is 0 Å². The number of hydrogen-bond acceptors (Lipinski definition) is 8. The molecule has 0 unspecified atom stereocenters. The number of ether oxygens (including phenoxy) is 2. The lowest BCUT2D eigenvalue weighted by Gasteiger charge is -2.42. The van der Waals surface area contributed by atoms with Crippen molar-refractivity contribution >= 4 is 20.2 Å². The first kappa shape index (κ1) is 23.4. The first-order valence-electron chi connectivity index (χ1n) is 6.52. The van der Waals surface area contributed by atoms with Crippen molar-refractivity contribution in [1.29, 1.82) is 0 Å². The lowest BCUT2D eigenvalue weighted by Crippen LogP contribution is -2.52. The van der Waals surface area contributed by atoms with E-state index >= 15 is 0 Å². The molecule has 0 aromatic heterocycles. The van der Waals surface area contributed by atoms with Crippen LogP contribution in [-0.2, 0) is 38.1 Å². The van der Waals surface area contributed by atoms with E-state index in [4.69, 9.17) is 9.47 Å². The fraction of sp³-hybridized carbons (Fsp3) is 1.00. The summed E-state index contributed by atoms with van der Waals surface area (Å²) >= 11 is 0. The SMILES string of the molecule is CC1(C)OCC(COS(=O)(=O)C(F)(F)F)(COS(=O)(=O)C(F)(F)F)CO1. The van der Waals surface area contributed by atoms with Crippen LogP contribution in [0.1, 0.15) is 13.8 Å². The molecule has 156 valence electrons. The van der Waals surface area contributed by atoms with Gasteiger partial charge in [-0.05, 0) is 13.8 Å². The Bertz CT molecular complexity index is 649. The Kier molecular flexibility index (Phi) is 6.33. The smallest absolute Gasteiger partial charge is 0.350 e. The monoisotopic (exact) mass is 440 g/mol. The Hall–Kier alpha value is -0.680. The molecule has 8 nitrogen and oxygen atoms in total. The lowest BCUT2D eigenvalue weighted by atomic mass is 9.91. The molecule has 1 heterocycles. The van der Waals surface area contributed by atoms with E-state index in [0.29, 0.717) is 0 Å². The van der Waals surface area contributed by atoms with Gasteiger partial charge in [0.1, 0.15) is 0 Å². The van der Waals surface area contributed by atoms with Gasteiger partial charge in [-0.3, -0.25) is 8.37 Å². The molecule has 1 saturated heterocycles. The first-order chi connectivity index (χ1) is 11.3. The summed E-state index contributed by atoms with van der Waals surface area (Å²) in [6, 6.07) is 0. The van der Waals surface area contributed by atoms with Crippen molar-refractivity contribution in [2.75, 3.05) is 26.4 Å². The highest BCUT2D eigenvalue weighted by atomic mass is 32.2. The van der Waals surface area contributed by atoms with Gasteiger partial charge in [0.2, 0.25) is 0 Å². The summed E-state index contributed by atoms with van der Waals surface area (Å²) in [6.45, 7) is -1.45. The normalized spacial score (nSPS) is 21.5. The molecule has 0 N–H and O–H groups in total. The molecule has 0 spiro atoms. The molecule has 0 bridgehead atoms. The third-order valence-electron chi connectivity index (χ3n) is 3.06. The van der Waals surface area contributed by atoms with Gasteiger partial charge >= 0.3 is 31.3 Å². The van der Waals surface area contributed by atoms with Crippen molar-refractivity contribution in [3.05, 3.63) is 0 Å². The van der Waals surface area contributed by atoms with Crippen LogP contribution in [0.3, 0.4) is 0 Å². The van der Waals surface area contributed by atoms with Gasteiger partial charge in [0.25, 0.3) is 0 Å². The summed E-state index contributed by atoms with van der Waals surface area (Å²) in [5.41, 5.74) is -13.6. The molecule has 0 amide bonds. The summed E-state index contributed by atoms with van der Waals surface area (Å²) in [7, 11) is -12.2. The fourth-order valence-electron chi connectivity index (χ4n) is 1.48. The number of alkyl halides is 6. The zero-order valence-electron chi connectivity index (χ0n) is 13.2. The van der Waals surface area contributed by atoms with E-state index in [1.54, 1.807) is 0 Å². The highest BCUT2D eigenvalue weighted by Crippen LogP contribution is 2.35. The van der Waals surface area contributed by atoms with Crippen molar-refractivity contribution in [3.63, 3.8) is 0 Å². The van der Waals surface area contributed by atoms with Gasteiger partial charge in [0.15, 0.2) is 5.79 Å². The van der Waals surface area contributed by atoms with Gasteiger partial charge in [-0.2, -0.15) is 43.2 Å². The summed E-state index contributed by atoms with van der Waals surface area (Å²) in [5.74, 6) is -1.30. The third-order valence-corrected chi connectivity index (χ3v) is 5.05. The Balaban J connectivity index is 2.99. The Labute approximate surface area is 144 Å². The van der Waals surface area contributed by atoms with Gasteiger partial charge in [0.05, 0.1) is 31.8 Å².